The van der Waals surface area contributed by atoms with Gasteiger partial charge in [-0.2, -0.15) is 0 Å². The molecule has 1 fully saturated rings. The van der Waals surface area contributed by atoms with Gasteiger partial charge in [-0.15, -0.1) is 11.8 Å². The van der Waals surface area contributed by atoms with Crippen LogP contribution in [0.15, 0.2) is 0 Å². The molecule has 0 aromatic heterocycles. The molecule has 2 atom stereocenters. The molecule has 1 aliphatic rings. The largest absolute Gasteiger partial charge is 0.354 e. The van der Waals surface area contributed by atoms with Crippen LogP contribution in [-0.2, 0) is 4.79 Å². The quantitative estimate of drug-likeness (QED) is 0.745. The molecule has 4 heteroatoms. The van der Waals surface area contributed by atoms with Crippen molar-refractivity contribution in [3.63, 3.8) is 0 Å². The van der Waals surface area contributed by atoms with Gasteiger partial charge in [0.1, 0.15) is 0 Å². The molecule has 1 aliphatic heterocycles. The molecule has 2 N–H and O–H groups in total. The predicted octanol–water partition coefficient (Wildman–Crippen LogP) is 1.20. The van der Waals surface area contributed by atoms with Crippen molar-refractivity contribution in [1.82, 2.24) is 10.6 Å². The Morgan fingerprint density at radius 2 is 2.36 bits per heavy atom. The van der Waals surface area contributed by atoms with Crippen molar-refractivity contribution in [2.75, 3.05) is 12.3 Å². The van der Waals surface area contributed by atoms with E-state index in [1.807, 2.05) is 25.6 Å². The number of carbonyl (C=O) groups is 1. The summed E-state index contributed by atoms with van der Waals surface area (Å²) in [6, 6.07) is 0.245. The number of amides is 1. The Balaban J connectivity index is 2.20. The molecule has 14 heavy (non-hydrogen) atoms. The van der Waals surface area contributed by atoms with Gasteiger partial charge in [-0.1, -0.05) is 6.92 Å². The molecule has 0 aliphatic carbocycles. The molecular formula is C10H20N2OS. The van der Waals surface area contributed by atoms with Crippen molar-refractivity contribution in [2.45, 2.75) is 38.6 Å². The normalized spacial score (nSPS) is 27.7. The third-order valence-corrected chi connectivity index (χ3v) is 3.59. The second-order valence-electron chi connectivity index (χ2n) is 4.26. The van der Waals surface area contributed by atoms with E-state index in [1.165, 1.54) is 0 Å². The summed E-state index contributed by atoms with van der Waals surface area (Å²) in [5.41, 5.74) is 0. The van der Waals surface area contributed by atoms with Gasteiger partial charge in [-0.05, 0) is 32.1 Å². The standard InChI is InChI=1S/C10H20N2OS/c1-7(2)12-9(13)4-10-11-5-8(3)6-14-10/h7-8,10-11H,4-6H2,1-3H3,(H,12,13). The summed E-state index contributed by atoms with van der Waals surface area (Å²) in [6.07, 6.45) is 0.593. The number of thioether (sulfide) groups is 1. The summed E-state index contributed by atoms with van der Waals surface area (Å²) in [5.74, 6) is 2.04. The molecule has 3 nitrogen and oxygen atoms in total. The number of hydrogen-bond acceptors (Lipinski definition) is 3. The molecule has 1 amide bonds. The predicted molar refractivity (Wildman–Crippen MR) is 61.3 cm³/mol. The lowest BCUT2D eigenvalue weighted by Gasteiger charge is -2.27. The van der Waals surface area contributed by atoms with Crippen LogP contribution in [0, 0.1) is 5.92 Å². The van der Waals surface area contributed by atoms with E-state index in [2.05, 4.69) is 17.6 Å². The van der Waals surface area contributed by atoms with E-state index in [-0.39, 0.29) is 11.9 Å². The molecule has 2 unspecified atom stereocenters. The van der Waals surface area contributed by atoms with Crippen LogP contribution < -0.4 is 10.6 Å². The van der Waals surface area contributed by atoms with Crippen molar-refractivity contribution >= 4 is 17.7 Å². The van der Waals surface area contributed by atoms with E-state index in [4.69, 9.17) is 0 Å². The molecule has 0 radical (unpaired) electrons. The molecule has 0 bridgehead atoms. The second-order valence-corrected chi connectivity index (χ2v) is 5.50. The lowest BCUT2D eigenvalue weighted by atomic mass is 10.2. The average molecular weight is 216 g/mol. The molecular weight excluding hydrogens is 196 g/mol. The molecule has 0 spiro atoms. The molecule has 0 aromatic carbocycles. The molecule has 1 heterocycles. The maximum absolute atomic E-state index is 11.4. The Morgan fingerprint density at radius 3 is 2.86 bits per heavy atom. The zero-order valence-corrected chi connectivity index (χ0v) is 9.99. The highest BCUT2D eigenvalue weighted by atomic mass is 32.2. The van der Waals surface area contributed by atoms with Crippen LogP contribution in [0.5, 0.6) is 0 Å². The zero-order chi connectivity index (χ0) is 10.6. The SMILES string of the molecule is CC1CNC(CC(=O)NC(C)C)SC1. The van der Waals surface area contributed by atoms with Crippen LogP contribution in [-0.4, -0.2) is 29.6 Å². The Labute approximate surface area is 90.4 Å². The van der Waals surface area contributed by atoms with Crippen LogP contribution >= 0.6 is 11.8 Å². The third-order valence-electron chi connectivity index (χ3n) is 2.10. The van der Waals surface area contributed by atoms with Crippen LogP contribution in [0.1, 0.15) is 27.2 Å². The Hall–Kier alpha value is -0.220. The van der Waals surface area contributed by atoms with Crippen molar-refractivity contribution < 1.29 is 4.79 Å². The highest BCUT2D eigenvalue weighted by Gasteiger charge is 2.20. The van der Waals surface area contributed by atoms with E-state index in [1.54, 1.807) is 0 Å². The second kappa shape index (κ2) is 5.61. The maximum atomic E-state index is 11.4. The van der Waals surface area contributed by atoms with Crippen LogP contribution in [0.2, 0.25) is 0 Å². The molecule has 0 aromatic rings. The maximum Gasteiger partial charge on any atom is 0.222 e. The van der Waals surface area contributed by atoms with Crippen molar-refractivity contribution in [2.24, 2.45) is 5.92 Å². The minimum Gasteiger partial charge on any atom is -0.354 e. The van der Waals surface area contributed by atoms with Gasteiger partial charge in [0.15, 0.2) is 0 Å². The molecule has 1 rings (SSSR count). The first-order chi connectivity index (χ1) is 6.58. The van der Waals surface area contributed by atoms with Crippen LogP contribution in [0.25, 0.3) is 0 Å². The monoisotopic (exact) mass is 216 g/mol. The van der Waals surface area contributed by atoms with Gasteiger partial charge < -0.3 is 10.6 Å². The van der Waals surface area contributed by atoms with Gasteiger partial charge >= 0.3 is 0 Å². The van der Waals surface area contributed by atoms with E-state index >= 15 is 0 Å². The number of carbonyl (C=O) groups excluding carboxylic acids is 1. The highest BCUT2D eigenvalue weighted by molar-refractivity contribution is 7.99. The summed E-state index contributed by atoms with van der Waals surface area (Å²) in [5, 5.41) is 6.59. The lowest BCUT2D eigenvalue weighted by molar-refractivity contribution is -0.121. The first-order valence-electron chi connectivity index (χ1n) is 5.22. The summed E-state index contributed by atoms with van der Waals surface area (Å²) in [4.78, 5) is 11.4. The summed E-state index contributed by atoms with van der Waals surface area (Å²) < 4.78 is 0. The fraction of sp³-hybridized carbons (Fsp3) is 0.900. The van der Waals surface area contributed by atoms with Gasteiger partial charge in [0, 0.05) is 6.04 Å². The van der Waals surface area contributed by atoms with Crippen LogP contribution in [0.4, 0.5) is 0 Å². The van der Waals surface area contributed by atoms with E-state index < -0.39 is 0 Å². The Kier molecular flexibility index (Phi) is 4.75. The fourth-order valence-electron chi connectivity index (χ4n) is 1.41. The first-order valence-corrected chi connectivity index (χ1v) is 6.27. The zero-order valence-electron chi connectivity index (χ0n) is 9.17. The fourth-order valence-corrected chi connectivity index (χ4v) is 2.57. The summed E-state index contributed by atoms with van der Waals surface area (Å²) >= 11 is 1.85. The average Bonchev–Trinajstić information content (AvgIpc) is 2.07. The third kappa shape index (κ3) is 4.33. The van der Waals surface area contributed by atoms with E-state index in [0.717, 1.165) is 18.2 Å². The number of rotatable bonds is 3. The first kappa shape index (κ1) is 11.9. The Morgan fingerprint density at radius 1 is 1.64 bits per heavy atom. The number of hydrogen-bond donors (Lipinski definition) is 2. The lowest BCUT2D eigenvalue weighted by Crippen LogP contribution is -2.41. The van der Waals surface area contributed by atoms with Gasteiger partial charge in [0.2, 0.25) is 5.91 Å². The van der Waals surface area contributed by atoms with Crippen molar-refractivity contribution in [3.8, 4) is 0 Å². The van der Waals surface area contributed by atoms with Gasteiger partial charge in [-0.3, -0.25) is 4.79 Å². The van der Waals surface area contributed by atoms with Crippen LogP contribution in [0.3, 0.4) is 0 Å². The van der Waals surface area contributed by atoms with Gasteiger partial charge in [0.05, 0.1) is 11.8 Å². The molecule has 82 valence electrons. The smallest absolute Gasteiger partial charge is 0.222 e. The summed E-state index contributed by atoms with van der Waals surface area (Å²) in [7, 11) is 0. The molecule has 1 saturated heterocycles. The minimum atomic E-state index is 0.152. The van der Waals surface area contributed by atoms with E-state index in [9.17, 15) is 4.79 Å². The topological polar surface area (TPSA) is 41.1 Å². The van der Waals surface area contributed by atoms with Crippen molar-refractivity contribution in [1.29, 1.82) is 0 Å². The summed E-state index contributed by atoms with van der Waals surface area (Å²) in [6.45, 7) is 7.24. The van der Waals surface area contributed by atoms with Crippen molar-refractivity contribution in [3.05, 3.63) is 0 Å². The minimum absolute atomic E-state index is 0.152. The number of nitrogens with one attached hydrogen (secondary N) is 2. The highest BCUT2D eigenvalue weighted by Crippen LogP contribution is 2.20. The molecule has 0 saturated carbocycles. The Bertz CT molecular complexity index is 189. The van der Waals surface area contributed by atoms with Gasteiger partial charge in [0.25, 0.3) is 0 Å². The van der Waals surface area contributed by atoms with Gasteiger partial charge in [-0.25, -0.2) is 0 Å². The van der Waals surface area contributed by atoms with E-state index in [0.29, 0.717) is 11.8 Å².